The Balaban J connectivity index is 1.66. The topological polar surface area (TPSA) is 154 Å². The molecular formula is C22H26N6O3. The van der Waals surface area contributed by atoms with Crippen LogP contribution in [0.2, 0.25) is 0 Å². The minimum Gasteiger partial charge on any atom is -0.456 e. The lowest BCUT2D eigenvalue weighted by Crippen LogP contribution is -2.23. The van der Waals surface area contributed by atoms with Gasteiger partial charge < -0.3 is 36.7 Å². The zero-order valence-corrected chi connectivity index (χ0v) is 17.0. The summed E-state index contributed by atoms with van der Waals surface area (Å²) in [5.74, 6) is 1.99. The quantitative estimate of drug-likeness (QED) is 0.240. The summed E-state index contributed by atoms with van der Waals surface area (Å²) >= 11 is 0. The lowest BCUT2D eigenvalue weighted by Gasteiger charge is -2.06. The summed E-state index contributed by atoms with van der Waals surface area (Å²) in [4.78, 5) is 7.95. The van der Waals surface area contributed by atoms with Crippen LogP contribution in [0.4, 0.5) is 11.4 Å². The van der Waals surface area contributed by atoms with Crippen LogP contribution in [0.3, 0.4) is 0 Å². The third-order valence-electron chi connectivity index (χ3n) is 4.25. The fourth-order valence-electron chi connectivity index (χ4n) is 2.80. The molecule has 0 aliphatic heterocycles. The molecule has 0 atom stereocenters. The van der Waals surface area contributed by atoms with Crippen LogP contribution in [0.25, 0.3) is 22.6 Å². The summed E-state index contributed by atoms with van der Waals surface area (Å²) in [6.45, 7) is 0.421. The van der Waals surface area contributed by atoms with E-state index >= 15 is 0 Å². The maximum atomic E-state index is 8.78. The molecule has 3 rings (SSSR count). The second kappa shape index (κ2) is 10.8. The summed E-state index contributed by atoms with van der Waals surface area (Å²) < 4.78 is 6.01. The smallest absolute Gasteiger partial charge is 0.193 e. The molecule has 0 unspecified atom stereocenters. The molecule has 8 N–H and O–H groups in total. The van der Waals surface area contributed by atoms with Gasteiger partial charge >= 0.3 is 0 Å². The van der Waals surface area contributed by atoms with Crippen LogP contribution < -0.4 is 22.1 Å². The molecule has 0 aliphatic carbocycles. The van der Waals surface area contributed by atoms with E-state index in [0.717, 1.165) is 34.0 Å². The van der Waals surface area contributed by atoms with Crippen molar-refractivity contribution in [2.45, 2.75) is 0 Å². The largest absolute Gasteiger partial charge is 0.456 e. The molecular weight excluding hydrogens is 396 g/mol. The van der Waals surface area contributed by atoms with Crippen molar-refractivity contribution in [2.24, 2.45) is 21.5 Å². The van der Waals surface area contributed by atoms with E-state index in [2.05, 4.69) is 20.6 Å². The Hall–Kier alpha value is -3.82. The van der Waals surface area contributed by atoms with E-state index in [9.17, 15) is 0 Å². The van der Waals surface area contributed by atoms with Crippen molar-refractivity contribution in [1.29, 1.82) is 0 Å². The number of hydrogen-bond acceptors (Lipinski definition) is 5. The first-order valence-corrected chi connectivity index (χ1v) is 9.75. The van der Waals surface area contributed by atoms with E-state index < -0.39 is 0 Å². The molecule has 0 amide bonds. The fourth-order valence-corrected chi connectivity index (χ4v) is 2.80. The van der Waals surface area contributed by atoms with Crippen LogP contribution in [0.1, 0.15) is 0 Å². The van der Waals surface area contributed by atoms with Gasteiger partial charge in [-0.1, -0.05) is 0 Å². The van der Waals surface area contributed by atoms with Gasteiger partial charge in [0, 0.05) is 22.5 Å². The average Bonchev–Trinajstić information content (AvgIpc) is 3.27. The van der Waals surface area contributed by atoms with Crippen molar-refractivity contribution in [2.75, 3.05) is 36.9 Å². The summed E-state index contributed by atoms with van der Waals surface area (Å²) in [5.41, 5.74) is 14.9. The third kappa shape index (κ3) is 6.33. The minimum absolute atomic E-state index is 0.0473. The number of nitrogens with zero attached hydrogens (tertiary/aromatic N) is 2. The Morgan fingerprint density at radius 2 is 1.06 bits per heavy atom. The Bertz CT molecular complexity index is 944. The molecule has 0 fully saturated rings. The monoisotopic (exact) mass is 422 g/mol. The molecule has 9 nitrogen and oxygen atoms in total. The summed E-state index contributed by atoms with van der Waals surface area (Å²) in [7, 11) is 0. The molecule has 31 heavy (non-hydrogen) atoms. The number of benzene rings is 2. The van der Waals surface area contributed by atoms with Crippen molar-refractivity contribution >= 4 is 23.3 Å². The zero-order chi connectivity index (χ0) is 22.1. The molecule has 0 spiro atoms. The number of aliphatic imine (C=N–C) groups is 2. The Labute approximate surface area is 180 Å². The van der Waals surface area contributed by atoms with Gasteiger partial charge in [-0.15, -0.1) is 0 Å². The van der Waals surface area contributed by atoms with Gasteiger partial charge in [0.15, 0.2) is 11.9 Å². The molecule has 0 saturated heterocycles. The highest BCUT2D eigenvalue weighted by Crippen LogP contribution is 2.29. The van der Waals surface area contributed by atoms with Crippen LogP contribution in [-0.2, 0) is 0 Å². The van der Waals surface area contributed by atoms with Crippen molar-refractivity contribution in [1.82, 2.24) is 0 Å². The Morgan fingerprint density at radius 1 is 0.677 bits per heavy atom. The molecule has 1 heterocycles. The maximum absolute atomic E-state index is 8.78. The standard InChI is InChI=1S/C22H26N6O3/c23-21(25-11-13-29)27-17-5-1-15(2-6-17)19-9-10-20(31-19)16-3-7-18(8-4-16)28-22(24)26-12-14-30/h1-10,29-30H,11-14H2,(H3,23,25,27)(H3,24,26,28). The fraction of sp³-hybridized carbons (Fsp3) is 0.182. The van der Waals surface area contributed by atoms with Crippen molar-refractivity contribution in [3.63, 3.8) is 0 Å². The highest BCUT2D eigenvalue weighted by Gasteiger charge is 2.08. The SMILES string of the molecule is NC(=NCCO)Nc1ccc(-c2ccc(-c3ccc(NC(N)=NCCO)cc3)o2)cc1. The van der Waals surface area contributed by atoms with Crippen molar-refractivity contribution < 1.29 is 14.6 Å². The first kappa shape index (κ1) is 21.9. The van der Waals surface area contributed by atoms with Gasteiger partial charge in [0.25, 0.3) is 0 Å². The minimum atomic E-state index is -0.0473. The maximum Gasteiger partial charge on any atom is 0.193 e. The lowest BCUT2D eigenvalue weighted by molar-refractivity contribution is 0.306. The van der Waals surface area contributed by atoms with Crippen LogP contribution in [0, 0.1) is 0 Å². The van der Waals surface area contributed by atoms with Gasteiger partial charge in [0.2, 0.25) is 0 Å². The highest BCUT2D eigenvalue weighted by atomic mass is 16.3. The molecule has 0 saturated carbocycles. The first-order valence-electron chi connectivity index (χ1n) is 9.75. The second-order valence-corrected chi connectivity index (χ2v) is 6.55. The molecule has 162 valence electrons. The number of nitrogens with two attached hydrogens (primary N) is 2. The van der Waals surface area contributed by atoms with E-state index in [0.29, 0.717) is 0 Å². The molecule has 0 radical (unpaired) electrons. The van der Waals surface area contributed by atoms with Gasteiger partial charge in [-0.3, -0.25) is 9.98 Å². The van der Waals surface area contributed by atoms with E-state index in [1.54, 1.807) is 0 Å². The molecule has 9 heteroatoms. The number of rotatable bonds is 8. The number of anilines is 2. The summed E-state index contributed by atoms with van der Waals surface area (Å²) in [6.07, 6.45) is 0. The average molecular weight is 422 g/mol. The number of aliphatic hydroxyl groups is 2. The normalized spacial score (nSPS) is 12.1. The summed E-state index contributed by atoms with van der Waals surface area (Å²) in [6, 6.07) is 19.0. The number of furan rings is 1. The number of aliphatic hydroxyl groups excluding tert-OH is 2. The first-order chi connectivity index (χ1) is 15.1. The molecule has 1 aromatic heterocycles. The van der Waals surface area contributed by atoms with E-state index in [4.69, 9.17) is 26.1 Å². The van der Waals surface area contributed by atoms with E-state index in [-0.39, 0.29) is 38.2 Å². The second-order valence-electron chi connectivity index (χ2n) is 6.55. The van der Waals surface area contributed by atoms with Crippen LogP contribution >= 0.6 is 0 Å². The van der Waals surface area contributed by atoms with E-state index in [1.165, 1.54) is 0 Å². The van der Waals surface area contributed by atoms with Gasteiger partial charge in [-0.25, -0.2) is 0 Å². The zero-order valence-electron chi connectivity index (χ0n) is 17.0. The van der Waals surface area contributed by atoms with Crippen LogP contribution in [0.15, 0.2) is 75.1 Å². The number of nitrogens with one attached hydrogen (secondary N) is 2. The number of guanidine groups is 2. The van der Waals surface area contributed by atoms with Gasteiger partial charge in [0.1, 0.15) is 11.5 Å². The van der Waals surface area contributed by atoms with E-state index in [1.807, 2.05) is 60.7 Å². The Kier molecular flexibility index (Phi) is 7.63. The Morgan fingerprint density at radius 3 is 1.42 bits per heavy atom. The van der Waals surface area contributed by atoms with Crippen molar-refractivity contribution in [3.8, 4) is 22.6 Å². The van der Waals surface area contributed by atoms with Gasteiger partial charge in [-0.2, -0.15) is 0 Å². The molecule has 2 aromatic carbocycles. The molecule has 0 aliphatic rings. The predicted molar refractivity (Wildman–Crippen MR) is 124 cm³/mol. The molecule has 3 aromatic rings. The summed E-state index contributed by atoms with van der Waals surface area (Å²) in [5, 5.41) is 23.5. The van der Waals surface area contributed by atoms with Gasteiger partial charge in [0.05, 0.1) is 26.3 Å². The lowest BCUT2D eigenvalue weighted by atomic mass is 10.1. The third-order valence-corrected chi connectivity index (χ3v) is 4.25. The molecule has 0 bridgehead atoms. The van der Waals surface area contributed by atoms with Crippen LogP contribution in [0.5, 0.6) is 0 Å². The van der Waals surface area contributed by atoms with Crippen LogP contribution in [-0.4, -0.2) is 48.4 Å². The van der Waals surface area contributed by atoms with Crippen molar-refractivity contribution in [3.05, 3.63) is 60.7 Å². The number of hydrogen-bond donors (Lipinski definition) is 6. The van der Waals surface area contributed by atoms with Gasteiger partial charge in [-0.05, 0) is 60.7 Å². The predicted octanol–water partition coefficient (Wildman–Crippen LogP) is 2.05. The highest BCUT2D eigenvalue weighted by molar-refractivity contribution is 5.93.